The van der Waals surface area contributed by atoms with Crippen molar-refractivity contribution in [3.63, 3.8) is 0 Å². The lowest BCUT2D eigenvalue weighted by Gasteiger charge is -2.25. The van der Waals surface area contributed by atoms with Gasteiger partial charge in [0.05, 0.1) is 24.6 Å². The maximum atomic E-state index is 14.2. The Morgan fingerprint density at radius 2 is 2.03 bits per heavy atom. The molecule has 3 atom stereocenters. The van der Waals surface area contributed by atoms with E-state index in [2.05, 4.69) is 36.5 Å². The highest BCUT2D eigenvalue weighted by atomic mass is 79.9. The summed E-state index contributed by atoms with van der Waals surface area (Å²) in [5.74, 6) is -2.17. The van der Waals surface area contributed by atoms with Crippen LogP contribution in [0.4, 0.5) is 8.78 Å². The Bertz CT molecular complexity index is 1340. The average molecular weight is 581 g/mol. The van der Waals surface area contributed by atoms with Gasteiger partial charge in [-0.2, -0.15) is 0 Å². The lowest BCUT2D eigenvalue weighted by molar-refractivity contribution is -0.138. The van der Waals surface area contributed by atoms with Gasteiger partial charge in [0.15, 0.2) is 0 Å². The number of hydrogen-bond donors (Lipinski definition) is 2. The molecule has 3 amide bonds. The van der Waals surface area contributed by atoms with E-state index in [0.29, 0.717) is 20.9 Å². The van der Waals surface area contributed by atoms with E-state index in [9.17, 15) is 23.2 Å². The number of carbonyl (C=O) groups is 3. The van der Waals surface area contributed by atoms with Crippen molar-refractivity contribution in [2.24, 2.45) is 0 Å². The van der Waals surface area contributed by atoms with E-state index in [0.717, 1.165) is 4.90 Å². The molecule has 0 saturated carbocycles. The minimum Gasteiger partial charge on any atom is -0.348 e. The third kappa shape index (κ3) is 5.79. The number of benzene rings is 1. The maximum absolute atomic E-state index is 14.2. The molecule has 1 fully saturated rings. The fourth-order valence-electron chi connectivity index (χ4n) is 4.03. The van der Waals surface area contributed by atoms with Crippen molar-refractivity contribution in [1.29, 1.82) is 0 Å². The molecule has 2 N–H and O–H groups in total. The summed E-state index contributed by atoms with van der Waals surface area (Å²) in [6, 6.07) is 7.01. The number of nitrogens with zero attached hydrogens (tertiary/aromatic N) is 3. The van der Waals surface area contributed by atoms with Crippen molar-refractivity contribution < 1.29 is 23.2 Å². The first kappa shape index (κ1) is 25.9. The maximum Gasteiger partial charge on any atom is 0.270 e. The summed E-state index contributed by atoms with van der Waals surface area (Å²) in [5.41, 5.74) is 1.13. The number of aromatic nitrogens is 2. The Morgan fingerprint density at radius 1 is 1.25 bits per heavy atom. The molecule has 4 rings (SSSR count). The van der Waals surface area contributed by atoms with Gasteiger partial charge in [-0.05, 0) is 58.7 Å². The van der Waals surface area contributed by atoms with Gasteiger partial charge < -0.3 is 15.5 Å². The molecule has 2 aromatic heterocycles. The van der Waals surface area contributed by atoms with Gasteiger partial charge in [-0.3, -0.25) is 14.4 Å². The lowest BCUT2D eigenvalue weighted by Crippen LogP contribution is -2.49. The smallest absolute Gasteiger partial charge is 0.270 e. The zero-order chi connectivity index (χ0) is 26.0. The molecule has 12 heteroatoms. The van der Waals surface area contributed by atoms with Crippen LogP contribution in [0.3, 0.4) is 0 Å². The van der Waals surface area contributed by atoms with E-state index in [1.54, 1.807) is 19.1 Å². The van der Waals surface area contributed by atoms with E-state index < -0.39 is 48.3 Å². The van der Waals surface area contributed by atoms with Crippen LogP contribution in [0, 0.1) is 5.82 Å². The second kappa shape index (κ2) is 10.8. The first-order valence-corrected chi connectivity index (χ1v) is 12.2. The van der Waals surface area contributed by atoms with Crippen molar-refractivity contribution in [2.45, 2.75) is 31.6 Å². The molecule has 8 nitrogen and oxygen atoms in total. The number of likely N-dealkylation sites (tertiary alicyclic amines) is 1. The highest BCUT2D eigenvalue weighted by Crippen LogP contribution is 2.26. The zero-order valence-electron chi connectivity index (χ0n) is 19.0. The van der Waals surface area contributed by atoms with Crippen LogP contribution in [0.2, 0.25) is 5.15 Å². The predicted molar refractivity (Wildman–Crippen MR) is 133 cm³/mol. The molecular formula is C24H21BrClF2N5O3. The van der Waals surface area contributed by atoms with Crippen molar-refractivity contribution >= 4 is 56.2 Å². The van der Waals surface area contributed by atoms with Gasteiger partial charge in [0, 0.05) is 22.5 Å². The van der Waals surface area contributed by atoms with Crippen LogP contribution in [0.1, 0.15) is 35.4 Å². The normalized spacial score (nSPS) is 18.2. The third-order valence-electron chi connectivity index (χ3n) is 5.83. The van der Waals surface area contributed by atoms with Gasteiger partial charge in [-0.1, -0.05) is 17.7 Å². The van der Waals surface area contributed by atoms with E-state index in [4.69, 9.17) is 11.6 Å². The van der Waals surface area contributed by atoms with Crippen LogP contribution in [-0.2, 0) is 9.59 Å². The topological polar surface area (TPSA) is 104 Å². The number of halogens is 4. The predicted octanol–water partition coefficient (Wildman–Crippen LogP) is 3.73. The molecule has 36 heavy (non-hydrogen) atoms. The monoisotopic (exact) mass is 579 g/mol. The fraction of sp³-hybridized carbons (Fsp3) is 0.292. The van der Waals surface area contributed by atoms with E-state index >= 15 is 0 Å². The summed E-state index contributed by atoms with van der Waals surface area (Å²) >= 11 is 9.31. The summed E-state index contributed by atoms with van der Waals surface area (Å²) in [6.45, 7) is 1.03. The van der Waals surface area contributed by atoms with Crippen molar-refractivity contribution in [3.8, 4) is 0 Å². The largest absolute Gasteiger partial charge is 0.348 e. The average Bonchev–Trinajstić information content (AvgIpc) is 3.25. The van der Waals surface area contributed by atoms with Crippen LogP contribution < -0.4 is 10.6 Å². The molecule has 3 heterocycles. The summed E-state index contributed by atoms with van der Waals surface area (Å²) in [5, 5.41) is 6.02. The summed E-state index contributed by atoms with van der Waals surface area (Å²) in [6.07, 6.45) is -0.0195. The zero-order valence-corrected chi connectivity index (χ0v) is 21.3. The van der Waals surface area contributed by atoms with Crippen LogP contribution >= 0.6 is 27.5 Å². The van der Waals surface area contributed by atoms with E-state index in [-0.39, 0.29) is 23.8 Å². The molecule has 0 bridgehead atoms. The Hall–Kier alpha value is -3.18. The standard InChI is InChI=1S/C24H21BrClF2N5O3/c1-12(16-8-21(26)29-9-17(16)25)31-24(36)20-7-15(28)11-33(20)22(34)10-30-23(35)19-4-2-13-6-14(27)3-5-18(13)32-19/h2-6,8-9,12,15,20H,7,10-11H2,1H3,(H,30,35)(H,31,36)/t12?,15-,20+/m1/s1. The number of alkyl halides is 1. The molecule has 0 radical (unpaired) electrons. The molecule has 0 spiro atoms. The molecule has 1 saturated heterocycles. The van der Waals surface area contributed by atoms with Crippen molar-refractivity contribution in [1.82, 2.24) is 25.5 Å². The number of pyridine rings is 2. The lowest BCUT2D eigenvalue weighted by atomic mass is 10.1. The minimum atomic E-state index is -1.37. The van der Waals surface area contributed by atoms with Gasteiger partial charge in [-0.25, -0.2) is 18.7 Å². The molecule has 1 unspecified atom stereocenters. The molecule has 0 aliphatic carbocycles. The number of hydrogen-bond acceptors (Lipinski definition) is 5. The van der Waals surface area contributed by atoms with Crippen molar-refractivity contribution in [2.75, 3.05) is 13.1 Å². The first-order valence-electron chi connectivity index (χ1n) is 11.0. The Kier molecular flexibility index (Phi) is 7.79. The van der Waals surface area contributed by atoms with E-state index in [1.807, 2.05) is 0 Å². The van der Waals surface area contributed by atoms with Crippen LogP contribution in [0.5, 0.6) is 0 Å². The molecule has 1 aliphatic heterocycles. The second-order valence-electron chi connectivity index (χ2n) is 8.37. The Morgan fingerprint density at radius 3 is 2.81 bits per heavy atom. The summed E-state index contributed by atoms with van der Waals surface area (Å²) in [4.78, 5) is 47.5. The Balaban J connectivity index is 1.39. The first-order chi connectivity index (χ1) is 17.1. The molecule has 3 aromatic rings. The second-order valence-corrected chi connectivity index (χ2v) is 9.61. The summed E-state index contributed by atoms with van der Waals surface area (Å²) < 4.78 is 28.2. The summed E-state index contributed by atoms with van der Waals surface area (Å²) in [7, 11) is 0. The van der Waals surface area contributed by atoms with Crippen LogP contribution in [-0.4, -0.2) is 57.9 Å². The van der Waals surface area contributed by atoms with Crippen molar-refractivity contribution in [3.05, 3.63) is 69.3 Å². The molecule has 1 aliphatic rings. The number of carbonyl (C=O) groups excluding carboxylic acids is 3. The van der Waals surface area contributed by atoms with Gasteiger partial charge in [0.25, 0.3) is 5.91 Å². The van der Waals surface area contributed by atoms with Gasteiger partial charge in [0.1, 0.15) is 28.9 Å². The van der Waals surface area contributed by atoms with Gasteiger partial charge in [0.2, 0.25) is 11.8 Å². The molecular weight excluding hydrogens is 560 g/mol. The van der Waals surface area contributed by atoms with Crippen LogP contribution in [0.25, 0.3) is 10.9 Å². The van der Waals surface area contributed by atoms with Gasteiger partial charge in [-0.15, -0.1) is 0 Å². The SMILES string of the molecule is CC(NC(=O)[C@@H]1C[C@@H](F)CN1C(=O)CNC(=O)c1ccc2cc(F)ccc2n1)c1cc(Cl)ncc1Br. The number of rotatable bonds is 6. The molecule has 1 aromatic carbocycles. The third-order valence-corrected chi connectivity index (χ3v) is 6.70. The van der Waals surface area contributed by atoms with Gasteiger partial charge >= 0.3 is 0 Å². The highest BCUT2D eigenvalue weighted by molar-refractivity contribution is 9.10. The Labute approximate surface area is 218 Å². The molecule has 188 valence electrons. The number of fused-ring (bicyclic) bond motifs is 1. The fourth-order valence-corrected chi connectivity index (χ4v) is 4.75. The van der Waals surface area contributed by atoms with E-state index in [1.165, 1.54) is 30.5 Å². The van der Waals surface area contributed by atoms with Crippen LogP contribution in [0.15, 0.2) is 47.1 Å². The minimum absolute atomic E-state index is 0.0383. The highest BCUT2D eigenvalue weighted by Gasteiger charge is 2.40. The number of amides is 3. The quantitative estimate of drug-likeness (QED) is 0.433. The number of nitrogens with one attached hydrogen (secondary N) is 2.